The number of fused-ring (bicyclic) bond motifs is 1. The Morgan fingerprint density at radius 3 is 2.62 bits per heavy atom. The first kappa shape index (κ1) is 20.6. The summed E-state index contributed by atoms with van der Waals surface area (Å²) >= 11 is 1.26. The number of rotatable bonds is 5. The largest absolute Gasteiger partial charge is 0.417 e. The van der Waals surface area contributed by atoms with Crippen molar-refractivity contribution in [2.75, 3.05) is 18.4 Å². The first-order valence-electron chi connectivity index (χ1n) is 9.90. The second-order valence-electron chi connectivity index (χ2n) is 7.35. The van der Waals surface area contributed by atoms with Crippen LogP contribution in [-0.4, -0.2) is 41.7 Å². The van der Waals surface area contributed by atoms with Crippen LogP contribution in [0.3, 0.4) is 0 Å². The van der Waals surface area contributed by atoms with Crippen LogP contribution in [0.4, 0.5) is 5.13 Å². The summed E-state index contributed by atoms with van der Waals surface area (Å²) in [4.78, 5) is 31.1. The molecule has 2 N–H and O–H groups in total. The predicted molar refractivity (Wildman–Crippen MR) is 120 cm³/mol. The average molecular weight is 471 g/mol. The van der Waals surface area contributed by atoms with Gasteiger partial charge in [-0.1, -0.05) is 0 Å². The molecule has 1 saturated heterocycles. The van der Waals surface area contributed by atoms with E-state index in [1.807, 2.05) is 0 Å². The molecular weight excluding hydrogens is 452 g/mol. The molecule has 0 radical (unpaired) electrons. The Morgan fingerprint density at radius 1 is 1.12 bits per heavy atom. The Kier molecular flexibility index (Phi) is 5.16. The van der Waals surface area contributed by atoms with E-state index in [1.54, 1.807) is 23.6 Å². The molecule has 164 valence electrons. The minimum Gasteiger partial charge on any atom is -0.408 e. The SMILES string of the molecule is O=C(Nc1nc(-c2ccc3oc(=O)[nH]c3c2)cs1)c1ccc(S(=O)(=O)N2CCCC2)cc1. The van der Waals surface area contributed by atoms with E-state index in [9.17, 15) is 18.0 Å². The number of nitrogens with zero attached hydrogens (tertiary/aromatic N) is 2. The maximum atomic E-state index is 12.6. The van der Waals surface area contributed by atoms with E-state index in [1.165, 1.54) is 39.9 Å². The summed E-state index contributed by atoms with van der Waals surface area (Å²) in [7, 11) is -3.52. The molecule has 0 aliphatic carbocycles. The number of oxazole rings is 1. The monoisotopic (exact) mass is 470 g/mol. The van der Waals surface area contributed by atoms with Gasteiger partial charge in [0, 0.05) is 29.6 Å². The molecule has 1 aliphatic heterocycles. The third-order valence-electron chi connectivity index (χ3n) is 5.26. The van der Waals surface area contributed by atoms with E-state index in [0.29, 0.717) is 40.6 Å². The molecule has 1 amide bonds. The molecule has 1 aliphatic rings. The van der Waals surface area contributed by atoms with Crippen LogP contribution in [0.5, 0.6) is 0 Å². The molecule has 0 saturated carbocycles. The molecule has 1 fully saturated rings. The van der Waals surface area contributed by atoms with Crippen LogP contribution in [0.1, 0.15) is 23.2 Å². The quantitative estimate of drug-likeness (QED) is 0.461. The Hall–Kier alpha value is -3.28. The van der Waals surface area contributed by atoms with E-state index in [-0.39, 0.29) is 10.8 Å². The summed E-state index contributed by atoms with van der Waals surface area (Å²) in [5.74, 6) is -0.909. The van der Waals surface area contributed by atoms with Crippen molar-refractivity contribution in [2.24, 2.45) is 0 Å². The van der Waals surface area contributed by atoms with Crippen LogP contribution in [-0.2, 0) is 10.0 Å². The highest BCUT2D eigenvalue weighted by molar-refractivity contribution is 7.89. The van der Waals surface area contributed by atoms with E-state index in [0.717, 1.165) is 18.4 Å². The van der Waals surface area contributed by atoms with Crippen molar-refractivity contribution in [1.29, 1.82) is 0 Å². The Bertz CT molecular complexity index is 1460. The number of thiazole rings is 1. The minimum absolute atomic E-state index is 0.181. The van der Waals surface area contributed by atoms with Crippen molar-refractivity contribution < 1.29 is 17.6 Å². The number of carbonyl (C=O) groups excluding carboxylic acids is 1. The number of carbonyl (C=O) groups is 1. The highest BCUT2D eigenvalue weighted by Crippen LogP contribution is 2.27. The van der Waals surface area contributed by atoms with Crippen LogP contribution in [0, 0.1) is 0 Å². The van der Waals surface area contributed by atoms with Gasteiger partial charge in [0.1, 0.15) is 0 Å². The van der Waals surface area contributed by atoms with Gasteiger partial charge in [-0.15, -0.1) is 11.3 Å². The number of H-pyrrole nitrogens is 1. The molecule has 0 bridgehead atoms. The molecule has 0 unspecified atom stereocenters. The molecular formula is C21H18N4O5S2. The Labute approximate surface area is 186 Å². The molecule has 9 nitrogen and oxygen atoms in total. The highest BCUT2D eigenvalue weighted by Gasteiger charge is 2.27. The number of hydrogen-bond donors (Lipinski definition) is 2. The number of sulfonamides is 1. The van der Waals surface area contributed by atoms with Crippen LogP contribution < -0.4 is 11.1 Å². The molecule has 32 heavy (non-hydrogen) atoms. The van der Waals surface area contributed by atoms with E-state index >= 15 is 0 Å². The van der Waals surface area contributed by atoms with Gasteiger partial charge in [-0.05, 0) is 55.3 Å². The summed E-state index contributed by atoms with van der Waals surface area (Å²) in [6, 6.07) is 11.1. The van der Waals surface area contributed by atoms with E-state index in [2.05, 4.69) is 15.3 Å². The molecule has 3 heterocycles. The van der Waals surface area contributed by atoms with Crippen molar-refractivity contribution in [3.05, 3.63) is 64.0 Å². The Balaban J connectivity index is 1.31. The standard InChI is InChI=1S/C21H18N4O5S2/c26-19(13-3-6-15(7-4-13)32(28,29)25-9-1-2-10-25)24-20-22-17(12-31-20)14-5-8-18-16(11-14)23-21(27)30-18/h3-8,11-12H,1-2,9-10H2,(H,23,27)(H,22,24,26). The second-order valence-corrected chi connectivity index (χ2v) is 10.1. The van der Waals surface area contributed by atoms with Crippen molar-refractivity contribution in [1.82, 2.24) is 14.3 Å². The molecule has 4 aromatic rings. The van der Waals surface area contributed by atoms with Gasteiger partial charge in [-0.25, -0.2) is 18.2 Å². The fourth-order valence-electron chi connectivity index (χ4n) is 3.60. The number of aromatic nitrogens is 2. The van der Waals surface area contributed by atoms with Gasteiger partial charge in [0.05, 0.1) is 16.1 Å². The maximum absolute atomic E-state index is 12.6. The molecule has 11 heteroatoms. The highest BCUT2D eigenvalue weighted by atomic mass is 32.2. The van der Waals surface area contributed by atoms with E-state index in [4.69, 9.17) is 4.42 Å². The topological polar surface area (TPSA) is 125 Å². The van der Waals surface area contributed by atoms with Crippen LogP contribution in [0.25, 0.3) is 22.4 Å². The van der Waals surface area contributed by atoms with Gasteiger partial charge < -0.3 is 4.42 Å². The Morgan fingerprint density at radius 2 is 1.88 bits per heavy atom. The smallest absolute Gasteiger partial charge is 0.408 e. The van der Waals surface area contributed by atoms with E-state index < -0.39 is 15.8 Å². The van der Waals surface area contributed by atoms with Crippen molar-refractivity contribution in [2.45, 2.75) is 17.7 Å². The zero-order valence-corrected chi connectivity index (χ0v) is 18.3. The van der Waals surface area contributed by atoms with Crippen LogP contribution in [0.2, 0.25) is 0 Å². The number of hydrogen-bond acceptors (Lipinski definition) is 7. The zero-order chi connectivity index (χ0) is 22.3. The van der Waals surface area contributed by atoms with Gasteiger partial charge >= 0.3 is 5.76 Å². The summed E-state index contributed by atoms with van der Waals surface area (Å²) < 4.78 is 31.7. The molecule has 2 aromatic carbocycles. The second kappa shape index (κ2) is 8.01. The number of anilines is 1. The lowest BCUT2D eigenvalue weighted by Gasteiger charge is -2.15. The molecule has 5 rings (SSSR count). The number of benzene rings is 2. The fourth-order valence-corrected chi connectivity index (χ4v) is 5.83. The summed E-state index contributed by atoms with van der Waals surface area (Å²) in [5.41, 5.74) is 2.76. The summed E-state index contributed by atoms with van der Waals surface area (Å²) in [5, 5.41) is 4.93. The molecule has 0 spiro atoms. The lowest BCUT2D eigenvalue weighted by Crippen LogP contribution is -2.27. The number of nitrogens with one attached hydrogen (secondary N) is 2. The normalized spacial score (nSPS) is 14.8. The van der Waals surface area contributed by atoms with Gasteiger partial charge in [0.15, 0.2) is 10.7 Å². The van der Waals surface area contributed by atoms with Gasteiger partial charge in [0.25, 0.3) is 5.91 Å². The number of aromatic amines is 1. The first-order valence-corrected chi connectivity index (χ1v) is 12.2. The molecule has 0 atom stereocenters. The maximum Gasteiger partial charge on any atom is 0.417 e. The van der Waals surface area contributed by atoms with Crippen molar-refractivity contribution >= 4 is 43.5 Å². The average Bonchev–Trinajstić information content (AvgIpc) is 3.53. The number of amides is 1. The lowest BCUT2D eigenvalue weighted by atomic mass is 10.1. The summed E-state index contributed by atoms with van der Waals surface area (Å²) in [6.45, 7) is 1.06. The van der Waals surface area contributed by atoms with Crippen molar-refractivity contribution in [3.8, 4) is 11.3 Å². The predicted octanol–water partition coefficient (Wildman–Crippen LogP) is 3.28. The minimum atomic E-state index is -3.52. The lowest BCUT2D eigenvalue weighted by molar-refractivity contribution is 0.102. The summed E-state index contributed by atoms with van der Waals surface area (Å²) in [6.07, 6.45) is 1.73. The van der Waals surface area contributed by atoms with Crippen LogP contribution >= 0.6 is 11.3 Å². The fraction of sp³-hybridized carbons (Fsp3) is 0.190. The molecule has 2 aromatic heterocycles. The zero-order valence-electron chi connectivity index (χ0n) is 16.7. The third kappa shape index (κ3) is 3.85. The first-order chi connectivity index (χ1) is 15.4. The van der Waals surface area contributed by atoms with Gasteiger partial charge in [0.2, 0.25) is 10.0 Å². The van der Waals surface area contributed by atoms with Gasteiger partial charge in [-0.3, -0.25) is 15.1 Å². The van der Waals surface area contributed by atoms with Gasteiger partial charge in [-0.2, -0.15) is 4.31 Å². The van der Waals surface area contributed by atoms with Crippen LogP contribution in [0.15, 0.2) is 62.0 Å². The third-order valence-corrected chi connectivity index (χ3v) is 7.93. The van der Waals surface area contributed by atoms with Crippen molar-refractivity contribution in [3.63, 3.8) is 0 Å².